The average molecular weight is 492 g/mol. The molecule has 6 nitrogen and oxygen atoms in total. The van der Waals surface area contributed by atoms with Crippen LogP contribution in [0.1, 0.15) is 79.6 Å². The maximum atomic E-state index is 12.5. The molecule has 1 aliphatic carbocycles. The Bertz CT molecular complexity index is 1200. The molecule has 1 aliphatic rings. The molecule has 0 spiro atoms. The number of imidazole rings is 1. The molecule has 194 valence electrons. The summed E-state index contributed by atoms with van der Waals surface area (Å²) < 4.78 is 13.4. The Morgan fingerprint density at radius 1 is 1.08 bits per heavy atom. The normalized spacial score (nSPS) is 14.8. The molecular weight excluding hydrogens is 450 g/mol. The van der Waals surface area contributed by atoms with Crippen LogP contribution in [0.25, 0.3) is 16.9 Å². The number of anilines is 1. The van der Waals surface area contributed by atoms with Crippen molar-refractivity contribution in [3.05, 3.63) is 42.6 Å². The van der Waals surface area contributed by atoms with E-state index in [9.17, 15) is 4.79 Å². The quantitative estimate of drug-likeness (QED) is 0.248. The van der Waals surface area contributed by atoms with Crippen molar-refractivity contribution in [2.24, 2.45) is 11.3 Å². The molecule has 3 aromatic rings. The van der Waals surface area contributed by atoms with Gasteiger partial charge in [0.15, 0.2) is 11.5 Å². The molecule has 4 rings (SSSR count). The number of hydrogen-bond donors (Lipinski definition) is 1. The summed E-state index contributed by atoms with van der Waals surface area (Å²) in [7, 11) is 1.60. The molecular formula is C30H41N3O3. The molecule has 2 heterocycles. The summed E-state index contributed by atoms with van der Waals surface area (Å²) in [4.78, 5) is 17.5. The van der Waals surface area contributed by atoms with Gasteiger partial charge in [0.2, 0.25) is 0 Å². The van der Waals surface area contributed by atoms with Crippen molar-refractivity contribution < 1.29 is 14.3 Å². The lowest BCUT2D eigenvalue weighted by Gasteiger charge is -2.34. The van der Waals surface area contributed by atoms with Crippen LogP contribution in [0.2, 0.25) is 0 Å². The molecule has 0 atom stereocenters. The SMILES string of the molecule is COc1cc(-c2nc3ccccn3c2NC(C)(C)CC(C)(C)C)ccc1OC(=O)CCC1CCCC1. The van der Waals surface area contributed by atoms with Gasteiger partial charge in [0.1, 0.15) is 17.2 Å². The van der Waals surface area contributed by atoms with Crippen LogP contribution in [0.5, 0.6) is 11.5 Å². The average Bonchev–Trinajstić information content (AvgIpc) is 3.44. The molecule has 0 aliphatic heterocycles. The lowest BCUT2D eigenvalue weighted by molar-refractivity contribution is -0.134. The van der Waals surface area contributed by atoms with Gasteiger partial charge in [0.05, 0.1) is 7.11 Å². The van der Waals surface area contributed by atoms with E-state index < -0.39 is 0 Å². The van der Waals surface area contributed by atoms with Crippen molar-refractivity contribution in [2.45, 2.75) is 85.1 Å². The van der Waals surface area contributed by atoms with Crippen LogP contribution in [0.3, 0.4) is 0 Å². The number of carbonyl (C=O) groups is 1. The number of nitrogens with one attached hydrogen (secondary N) is 1. The number of pyridine rings is 1. The van der Waals surface area contributed by atoms with Gasteiger partial charge in [-0.25, -0.2) is 4.98 Å². The first-order valence-electron chi connectivity index (χ1n) is 13.2. The number of fused-ring (bicyclic) bond motifs is 1. The Hall–Kier alpha value is -3.02. The zero-order valence-corrected chi connectivity index (χ0v) is 22.7. The fraction of sp³-hybridized carbons (Fsp3) is 0.533. The molecule has 1 fully saturated rings. The first-order chi connectivity index (χ1) is 17.0. The zero-order valence-electron chi connectivity index (χ0n) is 22.7. The Kier molecular flexibility index (Phi) is 7.62. The highest BCUT2D eigenvalue weighted by Crippen LogP contribution is 2.38. The first-order valence-corrected chi connectivity index (χ1v) is 13.2. The van der Waals surface area contributed by atoms with Crippen LogP contribution in [0.4, 0.5) is 5.82 Å². The van der Waals surface area contributed by atoms with Crippen LogP contribution >= 0.6 is 0 Å². The summed E-state index contributed by atoms with van der Waals surface area (Å²) >= 11 is 0. The number of hydrogen-bond acceptors (Lipinski definition) is 5. The van der Waals surface area contributed by atoms with Gasteiger partial charge in [-0.05, 0) is 68.4 Å². The van der Waals surface area contributed by atoms with Crippen LogP contribution in [0.15, 0.2) is 42.6 Å². The number of nitrogens with zero attached hydrogens (tertiary/aromatic N) is 2. The Balaban J connectivity index is 1.60. The van der Waals surface area contributed by atoms with Crippen LogP contribution in [-0.2, 0) is 4.79 Å². The second-order valence-corrected chi connectivity index (χ2v) is 12.0. The van der Waals surface area contributed by atoms with Gasteiger partial charge in [0, 0.05) is 23.7 Å². The van der Waals surface area contributed by atoms with Gasteiger partial charge in [-0.15, -0.1) is 0 Å². The molecule has 1 aromatic carbocycles. The van der Waals surface area contributed by atoms with E-state index in [0.29, 0.717) is 23.8 Å². The van der Waals surface area contributed by atoms with E-state index in [1.165, 1.54) is 25.7 Å². The van der Waals surface area contributed by atoms with Crippen molar-refractivity contribution >= 4 is 17.4 Å². The predicted octanol–water partition coefficient (Wildman–Crippen LogP) is 7.51. The van der Waals surface area contributed by atoms with Gasteiger partial charge in [0.25, 0.3) is 0 Å². The van der Waals surface area contributed by atoms with Crippen molar-refractivity contribution in [1.29, 1.82) is 0 Å². The third-order valence-corrected chi connectivity index (χ3v) is 6.85. The summed E-state index contributed by atoms with van der Waals surface area (Å²) in [5.41, 5.74) is 2.61. The van der Waals surface area contributed by atoms with E-state index in [0.717, 1.165) is 35.6 Å². The smallest absolute Gasteiger partial charge is 0.311 e. The second-order valence-electron chi connectivity index (χ2n) is 12.0. The number of aromatic nitrogens is 2. The minimum atomic E-state index is -0.202. The van der Waals surface area contributed by atoms with E-state index in [2.05, 4.69) is 44.3 Å². The monoisotopic (exact) mass is 491 g/mol. The fourth-order valence-corrected chi connectivity index (χ4v) is 5.70. The highest BCUT2D eigenvalue weighted by atomic mass is 16.6. The molecule has 0 radical (unpaired) electrons. The largest absolute Gasteiger partial charge is 0.493 e. The summed E-state index contributed by atoms with van der Waals surface area (Å²) in [6.07, 6.45) is 9.38. The number of carbonyl (C=O) groups excluding carboxylic acids is 1. The first kappa shape index (κ1) is 26.1. The van der Waals surface area contributed by atoms with Gasteiger partial charge in [-0.1, -0.05) is 52.5 Å². The standard InChI is InChI=1S/C30H41N3O3/c1-29(2,3)20-30(4,5)32-28-27(31-25-13-9-10-18-33(25)28)22-15-16-23(24(19-22)35-6)36-26(34)17-14-21-11-7-8-12-21/h9-10,13,15-16,18-19,21,32H,7-8,11-12,14,17,20H2,1-6H3. The molecule has 1 saturated carbocycles. The predicted molar refractivity (Wildman–Crippen MR) is 146 cm³/mol. The number of rotatable bonds is 9. The Morgan fingerprint density at radius 3 is 2.53 bits per heavy atom. The fourth-order valence-electron chi connectivity index (χ4n) is 5.70. The lowest BCUT2D eigenvalue weighted by atomic mass is 9.82. The maximum absolute atomic E-state index is 12.5. The molecule has 2 aromatic heterocycles. The highest BCUT2D eigenvalue weighted by Gasteiger charge is 2.28. The molecule has 0 unspecified atom stereocenters. The maximum Gasteiger partial charge on any atom is 0.311 e. The van der Waals surface area contributed by atoms with E-state index in [1.54, 1.807) is 7.11 Å². The third kappa shape index (κ3) is 6.40. The number of benzene rings is 1. The molecule has 0 amide bonds. The van der Waals surface area contributed by atoms with E-state index in [1.807, 2.05) is 42.6 Å². The lowest BCUT2D eigenvalue weighted by Crippen LogP contribution is -2.36. The zero-order chi connectivity index (χ0) is 25.9. The van der Waals surface area contributed by atoms with E-state index in [4.69, 9.17) is 14.5 Å². The van der Waals surface area contributed by atoms with Gasteiger partial charge >= 0.3 is 5.97 Å². The minimum Gasteiger partial charge on any atom is -0.493 e. The Morgan fingerprint density at radius 2 is 1.83 bits per heavy atom. The summed E-state index contributed by atoms with van der Waals surface area (Å²) in [6, 6.07) is 11.7. The van der Waals surface area contributed by atoms with Crippen molar-refractivity contribution in [3.63, 3.8) is 0 Å². The van der Waals surface area contributed by atoms with Crippen LogP contribution in [0, 0.1) is 11.3 Å². The molecule has 0 saturated heterocycles. The topological polar surface area (TPSA) is 64.9 Å². The molecule has 0 bridgehead atoms. The molecule has 36 heavy (non-hydrogen) atoms. The molecule has 6 heteroatoms. The van der Waals surface area contributed by atoms with Crippen LogP contribution in [-0.4, -0.2) is 28.0 Å². The summed E-state index contributed by atoms with van der Waals surface area (Å²) in [5, 5.41) is 3.77. The number of esters is 1. The van der Waals surface area contributed by atoms with Crippen LogP contribution < -0.4 is 14.8 Å². The van der Waals surface area contributed by atoms with Gasteiger partial charge < -0.3 is 14.8 Å². The number of methoxy groups -OCH3 is 1. The molecule has 1 N–H and O–H groups in total. The van der Waals surface area contributed by atoms with E-state index >= 15 is 0 Å². The van der Waals surface area contributed by atoms with Crippen molar-refractivity contribution in [2.75, 3.05) is 12.4 Å². The van der Waals surface area contributed by atoms with Gasteiger partial charge in [-0.2, -0.15) is 0 Å². The summed E-state index contributed by atoms with van der Waals surface area (Å²) in [6.45, 7) is 11.2. The summed E-state index contributed by atoms with van der Waals surface area (Å²) in [5.74, 6) is 2.36. The second kappa shape index (κ2) is 10.5. The third-order valence-electron chi connectivity index (χ3n) is 6.85. The van der Waals surface area contributed by atoms with Crippen molar-refractivity contribution in [1.82, 2.24) is 9.38 Å². The Labute approximate surface area is 215 Å². The number of ether oxygens (including phenoxy) is 2. The van der Waals surface area contributed by atoms with Gasteiger partial charge in [-0.3, -0.25) is 9.20 Å². The minimum absolute atomic E-state index is 0.155. The van der Waals surface area contributed by atoms with Crippen molar-refractivity contribution in [3.8, 4) is 22.8 Å². The van der Waals surface area contributed by atoms with E-state index in [-0.39, 0.29) is 16.9 Å². The highest BCUT2D eigenvalue weighted by molar-refractivity contribution is 5.79.